The molecule has 0 unspecified atom stereocenters. The summed E-state index contributed by atoms with van der Waals surface area (Å²) in [7, 11) is 0. The molecule has 0 aromatic heterocycles. The molecule has 0 amide bonds. The van der Waals surface area contributed by atoms with E-state index in [0.29, 0.717) is 12.1 Å². The van der Waals surface area contributed by atoms with E-state index in [4.69, 9.17) is 0 Å². The van der Waals surface area contributed by atoms with Crippen molar-refractivity contribution in [3.8, 4) is 0 Å². The molecule has 0 radical (unpaired) electrons. The van der Waals surface area contributed by atoms with E-state index in [2.05, 4.69) is 28.5 Å². The maximum Gasteiger partial charge on any atom is 0.123 e. The van der Waals surface area contributed by atoms with E-state index < -0.39 is 0 Å². The molecule has 0 saturated carbocycles. The predicted octanol–water partition coefficient (Wildman–Crippen LogP) is 2.82. The van der Waals surface area contributed by atoms with Crippen molar-refractivity contribution in [1.82, 2.24) is 9.80 Å². The van der Waals surface area contributed by atoms with Gasteiger partial charge < -0.3 is 4.90 Å². The van der Waals surface area contributed by atoms with Crippen molar-refractivity contribution in [2.24, 2.45) is 0 Å². The van der Waals surface area contributed by atoms with Crippen molar-refractivity contribution >= 4 is 5.69 Å². The number of piperazine rings is 1. The number of hydrogen-bond acceptors (Lipinski definition) is 3. The van der Waals surface area contributed by atoms with Gasteiger partial charge in [-0.1, -0.05) is 0 Å². The van der Waals surface area contributed by atoms with Crippen LogP contribution in [0.4, 0.5) is 10.1 Å². The minimum absolute atomic E-state index is 0.154. The molecule has 2 saturated heterocycles. The van der Waals surface area contributed by atoms with Crippen LogP contribution in [0.2, 0.25) is 0 Å². The third-order valence-electron chi connectivity index (χ3n) is 5.18. The molecule has 4 heteroatoms. The second kappa shape index (κ2) is 6.97. The van der Waals surface area contributed by atoms with E-state index in [0.717, 1.165) is 31.9 Å². The van der Waals surface area contributed by atoms with Crippen LogP contribution in [0.3, 0.4) is 0 Å². The molecule has 0 N–H and O–H groups in total. The number of likely N-dealkylation sites (tertiary alicyclic amines) is 1. The van der Waals surface area contributed by atoms with Crippen LogP contribution in [0, 0.1) is 5.82 Å². The van der Waals surface area contributed by atoms with Crippen molar-refractivity contribution in [1.29, 1.82) is 0 Å². The van der Waals surface area contributed by atoms with Gasteiger partial charge in [0.2, 0.25) is 0 Å². The minimum atomic E-state index is -0.154. The van der Waals surface area contributed by atoms with Gasteiger partial charge in [0.25, 0.3) is 0 Å². The Morgan fingerprint density at radius 3 is 2.32 bits per heavy atom. The highest BCUT2D eigenvalue weighted by Gasteiger charge is 2.28. The number of halogens is 1. The van der Waals surface area contributed by atoms with E-state index in [-0.39, 0.29) is 5.82 Å². The predicted molar refractivity (Wildman–Crippen MR) is 89.9 cm³/mol. The summed E-state index contributed by atoms with van der Waals surface area (Å²) in [6.45, 7) is 11.4. The fourth-order valence-corrected chi connectivity index (χ4v) is 3.75. The lowest BCUT2D eigenvalue weighted by Crippen LogP contribution is -2.56. The number of anilines is 1. The van der Waals surface area contributed by atoms with Gasteiger partial charge in [0, 0.05) is 50.5 Å². The van der Waals surface area contributed by atoms with Crippen molar-refractivity contribution in [2.75, 3.05) is 44.2 Å². The van der Waals surface area contributed by atoms with E-state index in [1.165, 1.54) is 25.9 Å². The smallest absolute Gasteiger partial charge is 0.123 e. The Morgan fingerprint density at radius 2 is 1.68 bits per heavy atom. The Balaban J connectivity index is 1.54. The standard InChI is InChI=1S/C18H28FN3/c1-15(2)22-9-3-4-18(14-22)21-12-10-20(11-13-21)17-7-5-16(19)6-8-17/h5-8,15,18H,3-4,9-14H2,1-2H3/t18-/m0/s1. The lowest BCUT2D eigenvalue weighted by molar-refractivity contribution is 0.0761. The topological polar surface area (TPSA) is 9.72 Å². The first-order chi connectivity index (χ1) is 10.6. The molecule has 122 valence electrons. The van der Waals surface area contributed by atoms with Crippen LogP contribution < -0.4 is 4.90 Å². The Morgan fingerprint density at radius 1 is 1.00 bits per heavy atom. The number of piperidine rings is 1. The summed E-state index contributed by atoms with van der Waals surface area (Å²) in [5, 5.41) is 0. The zero-order chi connectivity index (χ0) is 15.5. The maximum atomic E-state index is 13.0. The Labute approximate surface area is 133 Å². The van der Waals surface area contributed by atoms with E-state index >= 15 is 0 Å². The fraction of sp³-hybridized carbons (Fsp3) is 0.667. The Bertz CT molecular complexity index is 466. The molecule has 22 heavy (non-hydrogen) atoms. The summed E-state index contributed by atoms with van der Waals surface area (Å²) < 4.78 is 13.0. The van der Waals surface area contributed by atoms with Crippen molar-refractivity contribution in [3.05, 3.63) is 30.1 Å². The number of nitrogens with zero attached hydrogens (tertiary/aromatic N) is 3. The van der Waals surface area contributed by atoms with E-state index in [9.17, 15) is 4.39 Å². The summed E-state index contributed by atoms with van der Waals surface area (Å²) in [5.74, 6) is -0.154. The van der Waals surface area contributed by atoms with Crippen molar-refractivity contribution in [2.45, 2.75) is 38.8 Å². The third-order valence-corrected chi connectivity index (χ3v) is 5.18. The van der Waals surface area contributed by atoms with Crippen LogP contribution in [0.25, 0.3) is 0 Å². The van der Waals surface area contributed by atoms with Gasteiger partial charge in [-0.05, 0) is 57.5 Å². The van der Waals surface area contributed by atoms with Gasteiger partial charge in [0.15, 0.2) is 0 Å². The maximum absolute atomic E-state index is 13.0. The monoisotopic (exact) mass is 305 g/mol. The van der Waals surface area contributed by atoms with Crippen LogP contribution in [0.1, 0.15) is 26.7 Å². The molecule has 1 aromatic rings. The summed E-state index contributed by atoms with van der Waals surface area (Å²) in [4.78, 5) is 7.65. The molecule has 2 aliphatic heterocycles. The first-order valence-electron chi connectivity index (χ1n) is 8.62. The van der Waals surface area contributed by atoms with E-state index in [1.807, 2.05) is 12.1 Å². The number of rotatable bonds is 3. The lowest BCUT2D eigenvalue weighted by Gasteiger charge is -2.44. The molecule has 2 heterocycles. The second-order valence-electron chi connectivity index (χ2n) is 6.88. The molecule has 3 rings (SSSR count). The zero-order valence-electron chi connectivity index (χ0n) is 13.8. The van der Waals surface area contributed by atoms with Gasteiger partial charge in [0.05, 0.1) is 0 Å². The van der Waals surface area contributed by atoms with Crippen LogP contribution in [0.15, 0.2) is 24.3 Å². The molecule has 2 aliphatic rings. The molecular formula is C18H28FN3. The van der Waals surface area contributed by atoms with Crippen molar-refractivity contribution < 1.29 is 4.39 Å². The highest BCUT2D eigenvalue weighted by atomic mass is 19.1. The quantitative estimate of drug-likeness (QED) is 0.850. The molecule has 0 spiro atoms. The molecule has 2 fully saturated rings. The first kappa shape index (κ1) is 15.8. The van der Waals surface area contributed by atoms with E-state index in [1.54, 1.807) is 12.1 Å². The summed E-state index contributed by atoms with van der Waals surface area (Å²) in [6, 6.07) is 8.28. The number of hydrogen-bond donors (Lipinski definition) is 0. The van der Waals surface area contributed by atoms with Crippen LogP contribution in [-0.2, 0) is 0 Å². The highest BCUT2D eigenvalue weighted by molar-refractivity contribution is 5.46. The summed E-state index contributed by atoms with van der Waals surface area (Å²) in [5.41, 5.74) is 1.15. The Hall–Kier alpha value is -1.13. The SMILES string of the molecule is CC(C)N1CCC[C@H](N2CCN(c3ccc(F)cc3)CC2)C1. The molecular weight excluding hydrogens is 277 g/mol. The van der Waals surface area contributed by atoms with Gasteiger partial charge in [-0.3, -0.25) is 9.80 Å². The van der Waals surface area contributed by atoms with Crippen LogP contribution in [-0.4, -0.2) is 61.2 Å². The minimum Gasteiger partial charge on any atom is -0.369 e. The van der Waals surface area contributed by atoms with Crippen LogP contribution in [0.5, 0.6) is 0 Å². The average molecular weight is 305 g/mol. The molecule has 3 nitrogen and oxygen atoms in total. The molecule has 0 aliphatic carbocycles. The zero-order valence-corrected chi connectivity index (χ0v) is 13.8. The summed E-state index contributed by atoms with van der Waals surface area (Å²) in [6.07, 6.45) is 2.65. The van der Waals surface area contributed by atoms with Gasteiger partial charge in [-0.25, -0.2) is 4.39 Å². The largest absolute Gasteiger partial charge is 0.369 e. The van der Waals surface area contributed by atoms with Gasteiger partial charge in [-0.15, -0.1) is 0 Å². The fourth-order valence-electron chi connectivity index (χ4n) is 3.75. The number of benzene rings is 1. The summed E-state index contributed by atoms with van der Waals surface area (Å²) >= 11 is 0. The molecule has 1 atom stereocenters. The van der Waals surface area contributed by atoms with Crippen molar-refractivity contribution in [3.63, 3.8) is 0 Å². The van der Waals surface area contributed by atoms with Gasteiger partial charge >= 0.3 is 0 Å². The molecule has 1 aromatic carbocycles. The van der Waals surface area contributed by atoms with Gasteiger partial charge in [0.1, 0.15) is 5.82 Å². The highest BCUT2D eigenvalue weighted by Crippen LogP contribution is 2.22. The van der Waals surface area contributed by atoms with Crippen LogP contribution >= 0.6 is 0 Å². The lowest BCUT2D eigenvalue weighted by atomic mass is 10.0. The molecule has 0 bridgehead atoms. The normalized spacial score (nSPS) is 24.9. The third kappa shape index (κ3) is 3.61. The van der Waals surface area contributed by atoms with Gasteiger partial charge in [-0.2, -0.15) is 0 Å². The average Bonchev–Trinajstić information content (AvgIpc) is 2.56. The second-order valence-corrected chi connectivity index (χ2v) is 6.88. The Kier molecular flexibility index (Phi) is 4.99. The first-order valence-corrected chi connectivity index (χ1v) is 8.62.